The molecule has 0 atom stereocenters. The SMILES string of the molecule is CC.Cc1ncc(/C=C\N)n1N. The van der Waals surface area contributed by atoms with Crippen LogP contribution in [0.25, 0.3) is 6.08 Å². The number of imidazole rings is 1. The molecule has 0 saturated carbocycles. The molecule has 0 unspecified atom stereocenters. The first-order valence-electron chi connectivity index (χ1n) is 3.93. The molecule has 0 aliphatic carbocycles. The van der Waals surface area contributed by atoms with Crippen molar-refractivity contribution in [1.29, 1.82) is 0 Å². The van der Waals surface area contributed by atoms with E-state index >= 15 is 0 Å². The first-order valence-corrected chi connectivity index (χ1v) is 3.93. The first kappa shape index (κ1) is 10.6. The van der Waals surface area contributed by atoms with E-state index < -0.39 is 0 Å². The molecule has 1 rings (SSSR count). The zero-order valence-corrected chi connectivity index (χ0v) is 7.78. The van der Waals surface area contributed by atoms with Crippen LogP contribution >= 0.6 is 0 Å². The summed E-state index contributed by atoms with van der Waals surface area (Å²) in [6, 6.07) is 0. The second-order valence-corrected chi connectivity index (χ2v) is 1.96. The summed E-state index contributed by atoms with van der Waals surface area (Å²) in [6.45, 7) is 5.83. The van der Waals surface area contributed by atoms with Crippen LogP contribution in [0.5, 0.6) is 0 Å². The highest BCUT2D eigenvalue weighted by molar-refractivity contribution is 5.43. The van der Waals surface area contributed by atoms with Crippen molar-refractivity contribution in [2.45, 2.75) is 20.8 Å². The molecule has 0 amide bonds. The molecule has 1 aromatic rings. The zero-order chi connectivity index (χ0) is 9.56. The van der Waals surface area contributed by atoms with Gasteiger partial charge in [-0.05, 0) is 19.2 Å². The number of hydrogen-bond acceptors (Lipinski definition) is 3. The maximum absolute atomic E-state index is 5.54. The fourth-order valence-electron chi connectivity index (χ4n) is 0.693. The highest BCUT2D eigenvalue weighted by Crippen LogP contribution is 1.99. The molecule has 68 valence electrons. The van der Waals surface area contributed by atoms with Crippen LogP contribution in [0.15, 0.2) is 12.4 Å². The maximum atomic E-state index is 5.54. The van der Waals surface area contributed by atoms with Crippen LogP contribution in [0.2, 0.25) is 0 Å². The van der Waals surface area contributed by atoms with Crippen LogP contribution in [0, 0.1) is 6.92 Å². The molecule has 1 aromatic heterocycles. The van der Waals surface area contributed by atoms with Gasteiger partial charge in [-0.1, -0.05) is 13.8 Å². The number of aryl methyl sites for hydroxylation is 1. The zero-order valence-electron chi connectivity index (χ0n) is 7.78. The first-order chi connectivity index (χ1) is 5.75. The maximum Gasteiger partial charge on any atom is 0.124 e. The van der Waals surface area contributed by atoms with Crippen LogP contribution in [-0.4, -0.2) is 9.66 Å². The summed E-state index contributed by atoms with van der Waals surface area (Å²) in [7, 11) is 0. The van der Waals surface area contributed by atoms with Crippen LogP contribution in [0.1, 0.15) is 25.4 Å². The summed E-state index contributed by atoms with van der Waals surface area (Å²) in [5.41, 5.74) is 5.97. The Labute approximate surface area is 72.9 Å². The average molecular weight is 168 g/mol. The number of nitrogen functional groups attached to an aromatic ring is 1. The van der Waals surface area contributed by atoms with Crippen LogP contribution in [-0.2, 0) is 0 Å². The van der Waals surface area contributed by atoms with Gasteiger partial charge < -0.3 is 11.6 Å². The molecule has 1 heterocycles. The minimum atomic E-state index is 0.771. The third-order valence-electron chi connectivity index (χ3n) is 1.28. The van der Waals surface area contributed by atoms with Gasteiger partial charge in [0, 0.05) is 0 Å². The van der Waals surface area contributed by atoms with E-state index in [4.69, 9.17) is 11.6 Å². The predicted molar refractivity (Wildman–Crippen MR) is 51.7 cm³/mol. The van der Waals surface area contributed by atoms with Crippen molar-refractivity contribution >= 4 is 6.08 Å². The van der Waals surface area contributed by atoms with Crippen molar-refractivity contribution in [2.75, 3.05) is 5.84 Å². The Morgan fingerprint density at radius 2 is 2.08 bits per heavy atom. The number of rotatable bonds is 1. The van der Waals surface area contributed by atoms with E-state index in [0.717, 1.165) is 11.5 Å². The minimum absolute atomic E-state index is 0.771. The largest absolute Gasteiger partial charge is 0.405 e. The highest BCUT2D eigenvalue weighted by Gasteiger charge is 1.96. The Balaban J connectivity index is 0.000000561. The van der Waals surface area contributed by atoms with E-state index in [9.17, 15) is 0 Å². The van der Waals surface area contributed by atoms with E-state index in [1.165, 1.54) is 10.9 Å². The molecule has 0 bridgehead atoms. The van der Waals surface area contributed by atoms with E-state index in [2.05, 4.69) is 4.98 Å². The standard InChI is InChI=1S/C6H10N4.C2H6/c1-5-9-4-6(2-3-7)10(5)8;1-2/h2-4H,7-8H2,1H3;1-2H3/b3-2-;. The summed E-state index contributed by atoms with van der Waals surface area (Å²) in [6.07, 6.45) is 4.79. The molecule has 12 heavy (non-hydrogen) atoms. The fraction of sp³-hybridized carbons (Fsp3) is 0.375. The lowest BCUT2D eigenvalue weighted by molar-refractivity contribution is 0.918. The highest BCUT2D eigenvalue weighted by atomic mass is 15.3. The van der Waals surface area contributed by atoms with Gasteiger partial charge in [0.25, 0.3) is 0 Å². The molecular weight excluding hydrogens is 152 g/mol. The van der Waals surface area contributed by atoms with Gasteiger partial charge in [0.1, 0.15) is 5.82 Å². The van der Waals surface area contributed by atoms with Gasteiger partial charge in [0.15, 0.2) is 0 Å². The third kappa shape index (κ3) is 2.30. The molecule has 0 saturated heterocycles. The Hall–Kier alpha value is -1.45. The monoisotopic (exact) mass is 168 g/mol. The molecule has 0 aromatic carbocycles. The summed E-state index contributed by atoms with van der Waals surface area (Å²) in [5.74, 6) is 6.31. The van der Waals surface area contributed by atoms with Gasteiger partial charge in [0.05, 0.1) is 11.9 Å². The smallest absolute Gasteiger partial charge is 0.124 e. The predicted octanol–water partition coefficient (Wildman–Crippen LogP) is 0.861. The lowest BCUT2D eigenvalue weighted by Gasteiger charge is -1.95. The molecule has 0 spiro atoms. The molecule has 0 fully saturated rings. The van der Waals surface area contributed by atoms with Gasteiger partial charge in [0.2, 0.25) is 0 Å². The lowest BCUT2D eigenvalue weighted by Crippen LogP contribution is -2.11. The molecule has 4 N–H and O–H groups in total. The molecular formula is C8H16N4. The Bertz CT molecular complexity index is 250. The van der Waals surface area contributed by atoms with Crippen molar-refractivity contribution in [3.63, 3.8) is 0 Å². The van der Waals surface area contributed by atoms with Gasteiger partial charge >= 0.3 is 0 Å². The lowest BCUT2D eigenvalue weighted by atomic mass is 10.5. The quantitative estimate of drug-likeness (QED) is 0.611. The summed E-state index contributed by atoms with van der Waals surface area (Å²) in [5, 5.41) is 0. The van der Waals surface area contributed by atoms with Crippen LogP contribution in [0.4, 0.5) is 0 Å². The van der Waals surface area contributed by atoms with Crippen LogP contribution in [0.3, 0.4) is 0 Å². The molecule has 4 heteroatoms. The number of nitrogens with zero attached hydrogens (tertiary/aromatic N) is 2. The van der Waals surface area contributed by atoms with E-state index in [-0.39, 0.29) is 0 Å². The fourth-order valence-corrected chi connectivity index (χ4v) is 0.693. The minimum Gasteiger partial charge on any atom is -0.405 e. The normalized spacial score (nSPS) is 9.58. The Morgan fingerprint density at radius 1 is 1.50 bits per heavy atom. The third-order valence-corrected chi connectivity index (χ3v) is 1.28. The van der Waals surface area contributed by atoms with Crippen LogP contribution < -0.4 is 11.6 Å². The van der Waals surface area contributed by atoms with Gasteiger partial charge in [-0.3, -0.25) is 0 Å². The summed E-state index contributed by atoms with van der Waals surface area (Å²) in [4.78, 5) is 3.97. The van der Waals surface area contributed by atoms with Gasteiger partial charge in [-0.2, -0.15) is 0 Å². The second-order valence-electron chi connectivity index (χ2n) is 1.96. The van der Waals surface area contributed by atoms with Crippen molar-refractivity contribution in [3.05, 3.63) is 23.9 Å². The number of aromatic nitrogens is 2. The topological polar surface area (TPSA) is 69.9 Å². The van der Waals surface area contributed by atoms with Gasteiger partial charge in [-0.25, -0.2) is 9.66 Å². The van der Waals surface area contributed by atoms with E-state index in [1.54, 1.807) is 12.3 Å². The summed E-state index contributed by atoms with van der Waals surface area (Å²) < 4.78 is 1.48. The summed E-state index contributed by atoms with van der Waals surface area (Å²) >= 11 is 0. The van der Waals surface area contributed by atoms with E-state index in [1.807, 2.05) is 20.8 Å². The Kier molecular flexibility index (Phi) is 4.60. The van der Waals surface area contributed by atoms with Crippen molar-refractivity contribution in [1.82, 2.24) is 9.66 Å². The van der Waals surface area contributed by atoms with Crippen molar-refractivity contribution in [2.24, 2.45) is 5.73 Å². The molecule has 0 aliphatic rings. The average Bonchev–Trinajstić information content (AvgIpc) is 2.41. The number of hydrogen-bond donors (Lipinski definition) is 2. The molecule has 0 radical (unpaired) electrons. The Morgan fingerprint density at radius 3 is 2.42 bits per heavy atom. The van der Waals surface area contributed by atoms with Crippen molar-refractivity contribution < 1.29 is 0 Å². The van der Waals surface area contributed by atoms with E-state index in [0.29, 0.717) is 0 Å². The molecule has 4 nitrogen and oxygen atoms in total. The number of nitrogens with two attached hydrogens (primary N) is 2. The second kappa shape index (κ2) is 5.23. The van der Waals surface area contributed by atoms with Gasteiger partial charge in [-0.15, -0.1) is 0 Å². The van der Waals surface area contributed by atoms with Crippen molar-refractivity contribution in [3.8, 4) is 0 Å². The molecule has 0 aliphatic heterocycles.